The van der Waals surface area contributed by atoms with Gasteiger partial charge in [0.2, 0.25) is 6.29 Å². The number of carbonyl (C=O) groups is 2. The van der Waals surface area contributed by atoms with Crippen LogP contribution in [0.3, 0.4) is 0 Å². The maximum absolute atomic E-state index is 12.1. The number of carbonyl (C=O) groups excluding carboxylic acids is 2. The molecule has 2 bridgehead atoms. The van der Waals surface area contributed by atoms with Gasteiger partial charge in [-0.3, -0.25) is 4.79 Å². The Kier molecular flexibility index (Phi) is 4.34. The molecule has 0 unspecified atom stereocenters. The van der Waals surface area contributed by atoms with Gasteiger partial charge in [0.05, 0.1) is 22.7 Å². The van der Waals surface area contributed by atoms with Crippen molar-refractivity contribution in [2.75, 3.05) is 6.61 Å². The first-order valence-electron chi connectivity index (χ1n) is 12.3. The van der Waals surface area contributed by atoms with Crippen molar-refractivity contribution in [3.05, 3.63) is 11.6 Å². The lowest BCUT2D eigenvalue weighted by atomic mass is 9.42. The summed E-state index contributed by atoms with van der Waals surface area (Å²) in [7, 11) is 0. The molecular weight excluding hydrogens is 412 g/mol. The fourth-order valence-electron chi connectivity index (χ4n) is 9.43. The topological polar surface area (TPSA) is 102 Å². The van der Waals surface area contributed by atoms with Crippen LogP contribution in [0.2, 0.25) is 0 Å². The van der Waals surface area contributed by atoms with Crippen LogP contribution < -0.4 is 0 Å². The number of cyclic esters (lactones) is 1. The van der Waals surface area contributed by atoms with E-state index in [1.165, 1.54) is 6.92 Å². The standard InChI is InChI=1S/C25H34O7/c1-14(26)31-21-24-8-5-16(27)12-23(24,29)9-10-25(32-21)18-4-3-17(15-11-20(28)30-13-15)22(18,2)7-6-19(24)25/h11,16-19,21,27,29H,3-10,12-13H2,1-2H3/t16-,17-,18-,19-,21-,22-,23-,24-,25-/m1/s1. The van der Waals surface area contributed by atoms with Gasteiger partial charge < -0.3 is 24.4 Å². The number of ether oxygens (including phenoxy) is 3. The molecular formula is C25H34O7. The average molecular weight is 447 g/mol. The average Bonchev–Trinajstić information content (AvgIpc) is 3.35. The summed E-state index contributed by atoms with van der Waals surface area (Å²) >= 11 is 0. The number of esters is 2. The second-order valence-corrected chi connectivity index (χ2v) is 11.6. The van der Waals surface area contributed by atoms with Crippen LogP contribution >= 0.6 is 0 Å². The van der Waals surface area contributed by atoms with Crippen LogP contribution in [0.4, 0.5) is 0 Å². The van der Waals surface area contributed by atoms with Crippen LogP contribution in [-0.4, -0.2) is 52.4 Å². The molecule has 6 aliphatic rings. The lowest BCUT2D eigenvalue weighted by molar-refractivity contribution is -0.241. The number of rotatable bonds is 2. The fraction of sp³-hybridized carbons (Fsp3) is 0.840. The molecule has 4 aliphatic carbocycles. The lowest BCUT2D eigenvalue weighted by Gasteiger charge is -2.63. The predicted octanol–water partition coefficient (Wildman–Crippen LogP) is 2.63. The molecule has 0 amide bonds. The van der Waals surface area contributed by atoms with E-state index in [4.69, 9.17) is 14.2 Å². The van der Waals surface area contributed by atoms with E-state index in [-0.39, 0.29) is 29.1 Å². The summed E-state index contributed by atoms with van der Waals surface area (Å²) in [4.78, 5) is 23.9. The van der Waals surface area contributed by atoms with Gasteiger partial charge in [-0.05, 0) is 74.2 Å². The van der Waals surface area contributed by atoms with Crippen LogP contribution in [0, 0.1) is 28.6 Å². The van der Waals surface area contributed by atoms with Gasteiger partial charge >= 0.3 is 11.9 Å². The molecule has 7 nitrogen and oxygen atoms in total. The Morgan fingerprint density at radius 3 is 2.66 bits per heavy atom. The highest BCUT2D eigenvalue weighted by atomic mass is 16.7. The van der Waals surface area contributed by atoms with Crippen molar-refractivity contribution in [3.63, 3.8) is 0 Å². The molecule has 2 N–H and O–H groups in total. The molecule has 6 rings (SSSR count). The maximum atomic E-state index is 12.1. The molecule has 0 aromatic carbocycles. The number of hydrogen-bond donors (Lipinski definition) is 2. The highest BCUT2D eigenvalue weighted by Crippen LogP contribution is 2.76. The minimum absolute atomic E-state index is 0.0216. The minimum atomic E-state index is -1.09. The van der Waals surface area contributed by atoms with E-state index in [1.54, 1.807) is 6.08 Å². The first kappa shape index (κ1) is 21.1. The highest BCUT2D eigenvalue weighted by molar-refractivity contribution is 5.85. The van der Waals surface area contributed by atoms with E-state index in [2.05, 4.69) is 6.92 Å². The Bertz CT molecular complexity index is 899. The van der Waals surface area contributed by atoms with E-state index in [1.807, 2.05) is 0 Å². The first-order chi connectivity index (χ1) is 15.1. The maximum Gasteiger partial charge on any atom is 0.331 e. The zero-order chi connectivity index (χ0) is 22.5. The third kappa shape index (κ3) is 2.43. The Morgan fingerprint density at radius 1 is 1.12 bits per heavy atom. The Morgan fingerprint density at radius 2 is 1.94 bits per heavy atom. The normalized spacial score (nSPS) is 53.7. The Hall–Kier alpha value is -1.44. The Labute approximate surface area is 188 Å². The van der Waals surface area contributed by atoms with Crippen molar-refractivity contribution in [2.45, 2.75) is 95.2 Å². The molecule has 32 heavy (non-hydrogen) atoms. The van der Waals surface area contributed by atoms with Gasteiger partial charge in [0.1, 0.15) is 6.61 Å². The Balaban J connectivity index is 1.43. The zero-order valence-electron chi connectivity index (χ0n) is 19.0. The second kappa shape index (κ2) is 6.57. The molecule has 0 aromatic rings. The van der Waals surface area contributed by atoms with Crippen molar-refractivity contribution in [3.8, 4) is 0 Å². The third-order valence-corrected chi connectivity index (χ3v) is 10.5. The largest absolute Gasteiger partial charge is 0.458 e. The molecule has 176 valence electrons. The smallest absolute Gasteiger partial charge is 0.331 e. The van der Waals surface area contributed by atoms with E-state index in [0.29, 0.717) is 38.7 Å². The quantitative estimate of drug-likeness (QED) is 0.629. The van der Waals surface area contributed by atoms with Crippen molar-refractivity contribution < 1.29 is 34.0 Å². The van der Waals surface area contributed by atoms with Gasteiger partial charge in [-0.25, -0.2) is 4.79 Å². The zero-order valence-corrected chi connectivity index (χ0v) is 19.0. The van der Waals surface area contributed by atoms with E-state index in [0.717, 1.165) is 31.3 Å². The summed E-state index contributed by atoms with van der Waals surface area (Å²) in [5, 5.41) is 22.3. The van der Waals surface area contributed by atoms with E-state index >= 15 is 0 Å². The summed E-state index contributed by atoms with van der Waals surface area (Å²) < 4.78 is 17.9. The van der Waals surface area contributed by atoms with Crippen molar-refractivity contribution in [2.24, 2.45) is 28.6 Å². The minimum Gasteiger partial charge on any atom is -0.458 e. The highest BCUT2D eigenvalue weighted by Gasteiger charge is 2.80. The molecule has 0 aromatic heterocycles. The third-order valence-electron chi connectivity index (χ3n) is 10.5. The van der Waals surface area contributed by atoms with Crippen LogP contribution in [0.25, 0.3) is 0 Å². The number of aliphatic hydroxyl groups excluding tert-OH is 1. The molecule has 4 saturated carbocycles. The second-order valence-electron chi connectivity index (χ2n) is 11.6. The predicted molar refractivity (Wildman–Crippen MR) is 112 cm³/mol. The first-order valence-corrected chi connectivity index (χ1v) is 12.3. The molecule has 5 fully saturated rings. The monoisotopic (exact) mass is 446 g/mol. The van der Waals surface area contributed by atoms with Crippen LogP contribution in [-0.2, 0) is 23.8 Å². The van der Waals surface area contributed by atoms with Crippen molar-refractivity contribution in [1.82, 2.24) is 0 Å². The lowest BCUT2D eigenvalue weighted by Crippen LogP contribution is -2.67. The summed E-state index contributed by atoms with van der Waals surface area (Å²) in [6, 6.07) is 0. The molecule has 1 spiro atoms. The number of aliphatic hydroxyl groups is 2. The molecule has 1 saturated heterocycles. The summed E-state index contributed by atoms with van der Waals surface area (Å²) in [6.45, 7) is 4.13. The molecule has 2 aliphatic heterocycles. The van der Waals surface area contributed by atoms with Gasteiger partial charge in [-0.2, -0.15) is 0 Å². The van der Waals surface area contributed by atoms with Crippen LogP contribution in [0.15, 0.2) is 11.6 Å². The van der Waals surface area contributed by atoms with Gasteiger partial charge in [-0.15, -0.1) is 0 Å². The van der Waals surface area contributed by atoms with E-state index < -0.39 is 35.0 Å². The van der Waals surface area contributed by atoms with Gasteiger partial charge in [0.25, 0.3) is 0 Å². The van der Waals surface area contributed by atoms with Gasteiger partial charge in [0.15, 0.2) is 0 Å². The summed E-state index contributed by atoms with van der Waals surface area (Å²) in [6.07, 6.45) is 7.02. The molecule has 9 atom stereocenters. The van der Waals surface area contributed by atoms with Crippen molar-refractivity contribution in [1.29, 1.82) is 0 Å². The van der Waals surface area contributed by atoms with E-state index in [9.17, 15) is 19.8 Å². The van der Waals surface area contributed by atoms with Crippen LogP contribution in [0.5, 0.6) is 0 Å². The molecule has 2 heterocycles. The number of fused-ring (bicyclic) bond motifs is 1. The fourth-order valence-corrected chi connectivity index (χ4v) is 9.43. The van der Waals surface area contributed by atoms with Gasteiger partial charge in [-0.1, -0.05) is 6.92 Å². The SMILES string of the molecule is CC(=O)O[C@@H]1O[C@@]23CC[C@@]4(O)C[C@H](O)CC[C@@]14[C@H]2CC[C@]1(C)[C@@H](C2=CC(=O)OC2)CC[C@H]13. The number of hydrogen-bond acceptors (Lipinski definition) is 7. The summed E-state index contributed by atoms with van der Waals surface area (Å²) in [5.74, 6) is 0.0170. The van der Waals surface area contributed by atoms with Crippen LogP contribution in [0.1, 0.15) is 71.6 Å². The van der Waals surface area contributed by atoms with Crippen molar-refractivity contribution >= 4 is 11.9 Å². The summed E-state index contributed by atoms with van der Waals surface area (Å²) in [5.41, 5.74) is -1.11. The molecule has 0 radical (unpaired) electrons. The van der Waals surface area contributed by atoms with Gasteiger partial charge in [0, 0.05) is 25.3 Å². The molecule has 7 heteroatoms.